The Morgan fingerprint density at radius 2 is 1.59 bits per heavy atom. The number of nitrogens with zero attached hydrogens (tertiary/aromatic N) is 3. The Bertz CT molecular complexity index is 1240. The second-order valence-electron chi connectivity index (χ2n) is 9.00. The third-order valence-electron chi connectivity index (χ3n) is 6.45. The number of benzene rings is 2. The van der Waals surface area contributed by atoms with Crippen molar-refractivity contribution in [3.05, 3.63) is 64.7 Å². The molecule has 2 saturated heterocycles. The molecule has 0 bridgehead atoms. The minimum atomic E-state index is -5.05. The SMILES string of the molecule is CN.COc1ccccc1CN1CC2N(CC1=O)C(=O)CCN2C(=O)OCc1cc(C(F)(F)F)cc(C(F)(F)F)c1. The predicted octanol–water partition coefficient (Wildman–Crippen LogP) is 3.85. The first-order valence-corrected chi connectivity index (χ1v) is 12.3. The lowest BCUT2D eigenvalue weighted by molar-refractivity contribution is -0.160. The fraction of sp³-hybridized carbons (Fsp3) is 0.423. The number of amides is 3. The van der Waals surface area contributed by atoms with Gasteiger partial charge in [-0.05, 0) is 36.9 Å². The molecule has 0 aromatic heterocycles. The second-order valence-corrected chi connectivity index (χ2v) is 9.00. The van der Waals surface area contributed by atoms with Crippen LogP contribution in [0.4, 0.5) is 31.1 Å². The van der Waals surface area contributed by atoms with E-state index < -0.39 is 47.9 Å². The van der Waals surface area contributed by atoms with Crippen molar-refractivity contribution in [2.24, 2.45) is 5.73 Å². The average molecular weight is 591 g/mol. The molecule has 41 heavy (non-hydrogen) atoms. The van der Waals surface area contributed by atoms with Crippen molar-refractivity contribution in [3.8, 4) is 5.75 Å². The number of para-hydroxylation sites is 1. The van der Waals surface area contributed by atoms with Gasteiger partial charge in [-0.2, -0.15) is 26.3 Å². The molecular weight excluding hydrogens is 562 g/mol. The summed E-state index contributed by atoms with van der Waals surface area (Å²) < 4.78 is 89.4. The van der Waals surface area contributed by atoms with Crippen molar-refractivity contribution in [1.29, 1.82) is 0 Å². The maximum Gasteiger partial charge on any atom is 0.416 e. The number of methoxy groups -OCH3 is 1. The second kappa shape index (κ2) is 12.7. The van der Waals surface area contributed by atoms with Crippen molar-refractivity contribution in [3.63, 3.8) is 0 Å². The Labute approximate surface area is 231 Å². The molecule has 0 aliphatic carbocycles. The molecule has 9 nitrogen and oxygen atoms in total. The van der Waals surface area contributed by atoms with Gasteiger partial charge in [-0.25, -0.2) is 4.79 Å². The van der Waals surface area contributed by atoms with E-state index in [1.807, 2.05) is 0 Å². The highest BCUT2D eigenvalue weighted by Gasteiger charge is 2.44. The number of carbonyl (C=O) groups excluding carboxylic acids is 3. The number of alkyl halides is 6. The molecule has 0 radical (unpaired) electrons. The first kappa shape index (κ1) is 31.5. The number of nitrogens with two attached hydrogens (primary N) is 1. The number of ether oxygens (including phenoxy) is 2. The van der Waals surface area contributed by atoms with Crippen molar-refractivity contribution in [2.45, 2.75) is 38.1 Å². The number of fused-ring (bicyclic) bond motifs is 1. The molecule has 4 rings (SSSR count). The van der Waals surface area contributed by atoms with E-state index in [-0.39, 0.29) is 50.5 Å². The molecule has 2 heterocycles. The highest BCUT2D eigenvalue weighted by Crippen LogP contribution is 2.36. The van der Waals surface area contributed by atoms with Gasteiger partial charge in [0, 0.05) is 25.1 Å². The Morgan fingerprint density at radius 3 is 2.17 bits per heavy atom. The molecule has 2 aromatic carbocycles. The van der Waals surface area contributed by atoms with Crippen LogP contribution in [0.2, 0.25) is 0 Å². The van der Waals surface area contributed by atoms with Gasteiger partial charge in [-0.1, -0.05) is 18.2 Å². The number of piperazine rings is 1. The lowest BCUT2D eigenvalue weighted by Gasteiger charge is -2.48. The summed E-state index contributed by atoms with van der Waals surface area (Å²) >= 11 is 0. The summed E-state index contributed by atoms with van der Waals surface area (Å²) in [6.07, 6.45) is -12.2. The first-order chi connectivity index (χ1) is 19.3. The van der Waals surface area contributed by atoms with Gasteiger partial charge in [-0.15, -0.1) is 0 Å². The molecule has 1 unspecified atom stereocenters. The number of hydrogen-bond donors (Lipinski definition) is 1. The Hall–Kier alpha value is -4.01. The minimum absolute atomic E-state index is 0.0190. The number of hydrogen-bond acceptors (Lipinski definition) is 6. The van der Waals surface area contributed by atoms with E-state index in [1.54, 1.807) is 24.3 Å². The largest absolute Gasteiger partial charge is 0.496 e. The maximum atomic E-state index is 13.2. The van der Waals surface area contributed by atoms with Gasteiger partial charge in [-0.3, -0.25) is 14.5 Å². The van der Waals surface area contributed by atoms with E-state index in [0.29, 0.717) is 23.4 Å². The molecule has 3 amide bonds. The predicted molar refractivity (Wildman–Crippen MR) is 132 cm³/mol. The molecule has 224 valence electrons. The standard InChI is InChI=1S/C25H23F6N3O5.CH5N/c1-38-19-5-3-2-4-16(19)11-32-12-20-33(7-6-21(35)34(20)13-22(32)36)23(37)39-14-15-8-17(24(26,27)28)10-18(9-15)25(29,30)31;1-2/h2-5,8-10,20H,6-7,11-14H2,1H3;2H2,1H3. The summed E-state index contributed by atoms with van der Waals surface area (Å²) in [4.78, 5) is 42.0. The maximum absolute atomic E-state index is 13.2. The van der Waals surface area contributed by atoms with Crippen LogP contribution >= 0.6 is 0 Å². The summed E-state index contributed by atoms with van der Waals surface area (Å²) in [5.74, 6) is -0.213. The van der Waals surface area contributed by atoms with Crippen LogP contribution in [0.1, 0.15) is 28.7 Å². The normalized spacial score (nSPS) is 17.5. The highest BCUT2D eigenvalue weighted by atomic mass is 19.4. The topological polar surface area (TPSA) is 105 Å². The molecule has 0 spiro atoms. The van der Waals surface area contributed by atoms with E-state index >= 15 is 0 Å². The fourth-order valence-electron chi connectivity index (χ4n) is 4.51. The lowest BCUT2D eigenvalue weighted by Crippen LogP contribution is -2.67. The van der Waals surface area contributed by atoms with E-state index in [2.05, 4.69) is 5.73 Å². The fourth-order valence-corrected chi connectivity index (χ4v) is 4.51. The van der Waals surface area contributed by atoms with Crippen LogP contribution in [0.3, 0.4) is 0 Å². The van der Waals surface area contributed by atoms with Crippen molar-refractivity contribution < 1.29 is 50.2 Å². The summed E-state index contributed by atoms with van der Waals surface area (Å²) in [5.41, 5.74) is 1.61. The zero-order valence-electron chi connectivity index (χ0n) is 22.1. The van der Waals surface area contributed by atoms with Crippen LogP contribution in [0.25, 0.3) is 0 Å². The van der Waals surface area contributed by atoms with Gasteiger partial charge >= 0.3 is 18.4 Å². The van der Waals surface area contributed by atoms with Crippen LogP contribution in [0.5, 0.6) is 5.75 Å². The van der Waals surface area contributed by atoms with Gasteiger partial charge in [0.05, 0.1) is 24.8 Å². The molecular formula is C26H28F6N4O5. The van der Waals surface area contributed by atoms with E-state index in [0.717, 1.165) is 4.90 Å². The van der Waals surface area contributed by atoms with Crippen LogP contribution < -0.4 is 10.5 Å². The monoisotopic (exact) mass is 590 g/mol. The number of carbonyl (C=O) groups is 3. The van der Waals surface area contributed by atoms with Crippen molar-refractivity contribution >= 4 is 17.9 Å². The zero-order chi connectivity index (χ0) is 30.5. The zero-order valence-corrected chi connectivity index (χ0v) is 22.1. The average Bonchev–Trinajstić information content (AvgIpc) is 2.93. The third kappa shape index (κ3) is 7.39. The van der Waals surface area contributed by atoms with Crippen LogP contribution in [0.15, 0.2) is 42.5 Å². The molecule has 1 atom stereocenters. The Morgan fingerprint density at radius 1 is 0.976 bits per heavy atom. The molecule has 15 heteroatoms. The van der Waals surface area contributed by atoms with E-state index in [9.17, 15) is 40.7 Å². The number of halogens is 6. The summed E-state index contributed by atoms with van der Waals surface area (Å²) in [5, 5.41) is 0. The summed E-state index contributed by atoms with van der Waals surface area (Å²) in [7, 11) is 2.97. The molecule has 0 saturated carbocycles. The van der Waals surface area contributed by atoms with Gasteiger partial charge < -0.3 is 25.0 Å². The number of rotatable bonds is 5. The molecule has 2 aliphatic heterocycles. The van der Waals surface area contributed by atoms with Gasteiger partial charge in [0.25, 0.3) is 0 Å². The smallest absolute Gasteiger partial charge is 0.416 e. The highest BCUT2D eigenvalue weighted by molar-refractivity contribution is 5.88. The molecule has 2 aromatic rings. The van der Waals surface area contributed by atoms with Crippen molar-refractivity contribution in [2.75, 3.05) is 33.8 Å². The van der Waals surface area contributed by atoms with Crippen LogP contribution in [0, 0.1) is 0 Å². The van der Waals surface area contributed by atoms with Crippen LogP contribution in [-0.2, 0) is 39.8 Å². The molecule has 2 N–H and O–H groups in total. The first-order valence-electron chi connectivity index (χ1n) is 12.3. The van der Waals surface area contributed by atoms with E-state index in [1.165, 1.54) is 24.0 Å². The molecule has 2 fully saturated rings. The van der Waals surface area contributed by atoms with Gasteiger partial charge in [0.15, 0.2) is 0 Å². The minimum Gasteiger partial charge on any atom is -0.496 e. The Kier molecular flexibility index (Phi) is 9.73. The quantitative estimate of drug-likeness (QED) is 0.531. The van der Waals surface area contributed by atoms with Gasteiger partial charge in [0.2, 0.25) is 11.8 Å². The lowest BCUT2D eigenvalue weighted by atomic mass is 10.1. The molecule has 2 aliphatic rings. The summed E-state index contributed by atoms with van der Waals surface area (Å²) in [6.45, 7) is -1.25. The van der Waals surface area contributed by atoms with E-state index in [4.69, 9.17) is 9.47 Å². The Balaban J connectivity index is 0.00000226. The van der Waals surface area contributed by atoms with Gasteiger partial charge in [0.1, 0.15) is 25.1 Å². The summed E-state index contributed by atoms with van der Waals surface area (Å²) in [6, 6.07) is 7.90. The third-order valence-corrected chi connectivity index (χ3v) is 6.45. The van der Waals surface area contributed by atoms with Crippen molar-refractivity contribution in [1.82, 2.24) is 14.7 Å². The van der Waals surface area contributed by atoms with Crippen LogP contribution in [-0.4, -0.2) is 72.6 Å².